The van der Waals surface area contributed by atoms with E-state index < -0.39 is 0 Å². The van der Waals surface area contributed by atoms with Crippen molar-refractivity contribution in [3.8, 4) is 21.7 Å². The topological polar surface area (TPSA) is 87.6 Å². The van der Waals surface area contributed by atoms with E-state index in [0.717, 1.165) is 21.7 Å². The van der Waals surface area contributed by atoms with Gasteiger partial charge < -0.3 is 10.7 Å². The second kappa shape index (κ2) is 4.15. The van der Waals surface area contributed by atoms with Crippen molar-refractivity contribution in [2.45, 2.75) is 0 Å². The number of hydrogen-bond donors (Lipinski definition) is 3. The van der Waals surface area contributed by atoms with Gasteiger partial charge in [-0.25, -0.2) is 0 Å². The maximum Gasteiger partial charge on any atom is 0.248 e. The molecule has 6 heteroatoms. The van der Waals surface area contributed by atoms with E-state index in [1.165, 1.54) is 6.07 Å². The van der Waals surface area contributed by atoms with Crippen molar-refractivity contribution in [2.24, 2.45) is 0 Å². The van der Waals surface area contributed by atoms with Gasteiger partial charge in [0.25, 0.3) is 0 Å². The molecule has 0 amide bonds. The molecule has 0 saturated heterocycles. The third-order valence-electron chi connectivity index (χ3n) is 2.63. The van der Waals surface area contributed by atoms with Gasteiger partial charge in [0.15, 0.2) is 5.82 Å². The lowest BCUT2D eigenvalue weighted by Gasteiger charge is -2.01. The normalized spacial score (nSPS) is 10.7. The Balaban J connectivity index is 2.23. The van der Waals surface area contributed by atoms with Crippen molar-refractivity contribution in [3.05, 3.63) is 46.2 Å². The zero-order valence-electron chi connectivity index (χ0n) is 9.31. The lowest BCUT2D eigenvalue weighted by molar-refractivity contribution is 1.10. The molecule has 0 bridgehead atoms. The fourth-order valence-corrected chi connectivity index (χ4v) is 2.62. The Morgan fingerprint density at radius 2 is 2.22 bits per heavy atom. The molecule has 4 N–H and O–H groups in total. The fraction of sp³-hybridized carbons (Fsp3) is 0. The van der Waals surface area contributed by atoms with Crippen molar-refractivity contribution in [2.75, 3.05) is 5.73 Å². The van der Waals surface area contributed by atoms with E-state index in [1.807, 2.05) is 23.6 Å². The molecule has 0 fully saturated rings. The average Bonchev–Trinajstić information content (AvgIpc) is 2.97. The van der Waals surface area contributed by atoms with Gasteiger partial charge in [-0.05, 0) is 17.5 Å². The van der Waals surface area contributed by atoms with Crippen molar-refractivity contribution >= 4 is 17.2 Å². The van der Waals surface area contributed by atoms with E-state index in [0.29, 0.717) is 5.82 Å². The van der Waals surface area contributed by atoms with E-state index in [2.05, 4.69) is 15.2 Å². The van der Waals surface area contributed by atoms with Crippen LogP contribution in [-0.2, 0) is 0 Å². The number of nitrogen functional groups attached to an aromatic ring is 1. The van der Waals surface area contributed by atoms with Crippen LogP contribution in [0.4, 0.5) is 5.82 Å². The summed E-state index contributed by atoms with van der Waals surface area (Å²) in [5.74, 6) is 0.438. The van der Waals surface area contributed by atoms with Crippen molar-refractivity contribution in [1.82, 2.24) is 15.2 Å². The summed E-state index contributed by atoms with van der Waals surface area (Å²) in [7, 11) is 0. The summed E-state index contributed by atoms with van der Waals surface area (Å²) in [5.41, 5.74) is 8.11. The zero-order chi connectivity index (χ0) is 12.5. The third-order valence-corrected chi connectivity index (χ3v) is 3.51. The monoisotopic (exact) mass is 258 g/mol. The lowest BCUT2D eigenvalue weighted by Crippen LogP contribution is -2.02. The minimum Gasteiger partial charge on any atom is -0.382 e. The summed E-state index contributed by atoms with van der Waals surface area (Å²) in [6.07, 6.45) is 1.60. The highest BCUT2D eigenvalue weighted by Crippen LogP contribution is 2.36. The maximum absolute atomic E-state index is 11.3. The van der Waals surface area contributed by atoms with Gasteiger partial charge in [-0.1, -0.05) is 6.07 Å². The molecular weight excluding hydrogens is 248 g/mol. The molecule has 0 aliphatic heterocycles. The Labute approximate surface area is 106 Å². The van der Waals surface area contributed by atoms with Gasteiger partial charge in [0.1, 0.15) is 0 Å². The Morgan fingerprint density at radius 3 is 2.94 bits per heavy atom. The molecule has 3 aromatic rings. The molecule has 90 valence electrons. The van der Waals surface area contributed by atoms with Crippen LogP contribution in [0.1, 0.15) is 0 Å². The Bertz CT molecular complexity index is 727. The first kappa shape index (κ1) is 10.8. The number of aromatic nitrogens is 3. The van der Waals surface area contributed by atoms with Gasteiger partial charge >= 0.3 is 0 Å². The van der Waals surface area contributed by atoms with Crippen LogP contribution in [0.5, 0.6) is 0 Å². The summed E-state index contributed by atoms with van der Waals surface area (Å²) >= 11 is 1.58. The van der Waals surface area contributed by atoms with Gasteiger partial charge in [0, 0.05) is 22.7 Å². The van der Waals surface area contributed by atoms with Crippen LogP contribution in [0.15, 0.2) is 40.6 Å². The van der Waals surface area contributed by atoms with Crippen LogP contribution >= 0.6 is 11.3 Å². The first-order valence-corrected chi connectivity index (χ1v) is 6.20. The molecule has 18 heavy (non-hydrogen) atoms. The number of nitrogens with one attached hydrogen (secondary N) is 2. The molecule has 0 saturated carbocycles. The van der Waals surface area contributed by atoms with E-state index >= 15 is 0 Å². The summed E-state index contributed by atoms with van der Waals surface area (Å²) in [6.45, 7) is 0. The largest absolute Gasteiger partial charge is 0.382 e. The van der Waals surface area contributed by atoms with Crippen LogP contribution in [0, 0.1) is 0 Å². The second-order valence-electron chi connectivity index (χ2n) is 3.78. The minimum absolute atomic E-state index is 0.155. The molecule has 3 aromatic heterocycles. The number of nitrogens with two attached hydrogens (primary N) is 1. The zero-order valence-corrected chi connectivity index (χ0v) is 10.1. The van der Waals surface area contributed by atoms with Gasteiger partial charge in [0.2, 0.25) is 5.56 Å². The smallest absolute Gasteiger partial charge is 0.248 e. The summed E-state index contributed by atoms with van der Waals surface area (Å²) in [6, 6.07) is 7.26. The summed E-state index contributed by atoms with van der Waals surface area (Å²) < 4.78 is 0. The fourth-order valence-electron chi connectivity index (χ4n) is 1.84. The van der Waals surface area contributed by atoms with E-state index in [9.17, 15) is 4.79 Å². The SMILES string of the molecule is Nc1n[nH]c(-c2cc[nH]c(=O)c2)c1-c1cccs1. The van der Waals surface area contributed by atoms with Gasteiger partial charge in [-0.3, -0.25) is 9.89 Å². The van der Waals surface area contributed by atoms with Gasteiger partial charge in [-0.15, -0.1) is 11.3 Å². The van der Waals surface area contributed by atoms with Crippen molar-refractivity contribution < 1.29 is 0 Å². The predicted octanol–water partition coefficient (Wildman–Crippen LogP) is 2.08. The molecule has 3 heterocycles. The predicted molar refractivity (Wildman–Crippen MR) is 72.4 cm³/mol. The van der Waals surface area contributed by atoms with Gasteiger partial charge in [-0.2, -0.15) is 5.10 Å². The number of pyridine rings is 1. The van der Waals surface area contributed by atoms with E-state index in [-0.39, 0.29) is 5.56 Å². The van der Waals surface area contributed by atoms with Crippen LogP contribution in [0.2, 0.25) is 0 Å². The first-order chi connectivity index (χ1) is 8.75. The van der Waals surface area contributed by atoms with Crippen LogP contribution in [-0.4, -0.2) is 15.2 Å². The molecule has 0 aliphatic rings. The number of anilines is 1. The third kappa shape index (κ3) is 1.72. The lowest BCUT2D eigenvalue weighted by atomic mass is 10.1. The number of aromatic amines is 2. The van der Waals surface area contributed by atoms with Crippen molar-refractivity contribution in [3.63, 3.8) is 0 Å². The highest BCUT2D eigenvalue weighted by atomic mass is 32.1. The summed E-state index contributed by atoms with van der Waals surface area (Å²) in [5, 5.41) is 8.89. The van der Waals surface area contributed by atoms with Crippen LogP contribution in [0.3, 0.4) is 0 Å². The maximum atomic E-state index is 11.3. The molecule has 3 rings (SSSR count). The Hall–Kier alpha value is -2.34. The highest BCUT2D eigenvalue weighted by Gasteiger charge is 2.15. The molecule has 5 nitrogen and oxygen atoms in total. The number of H-pyrrole nitrogens is 2. The summed E-state index contributed by atoms with van der Waals surface area (Å²) in [4.78, 5) is 15.0. The Kier molecular flexibility index (Phi) is 2.49. The minimum atomic E-state index is -0.155. The molecule has 0 radical (unpaired) electrons. The number of hydrogen-bond acceptors (Lipinski definition) is 4. The van der Waals surface area contributed by atoms with Crippen LogP contribution < -0.4 is 11.3 Å². The van der Waals surface area contributed by atoms with Gasteiger partial charge in [0.05, 0.1) is 11.3 Å². The molecule has 0 aromatic carbocycles. The highest BCUT2D eigenvalue weighted by molar-refractivity contribution is 7.13. The Morgan fingerprint density at radius 1 is 1.33 bits per heavy atom. The van der Waals surface area contributed by atoms with Crippen molar-refractivity contribution in [1.29, 1.82) is 0 Å². The standard InChI is InChI=1S/C12H10N4OS/c13-12-10(8-2-1-5-18-8)11(15-16-12)7-3-4-14-9(17)6-7/h1-6H,(H,14,17)(H3,13,15,16). The van der Waals surface area contributed by atoms with E-state index in [4.69, 9.17) is 5.73 Å². The number of rotatable bonds is 2. The number of nitrogens with zero attached hydrogens (tertiary/aromatic N) is 1. The van der Waals surface area contributed by atoms with Crippen LogP contribution in [0.25, 0.3) is 21.7 Å². The first-order valence-electron chi connectivity index (χ1n) is 5.32. The molecule has 0 unspecified atom stereocenters. The molecular formula is C12H10N4OS. The molecule has 0 spiro atoms. The average molecular weight is 258 g/mol. The van der Waals surface area contributed by atoms with E-state index in [1.54, 1.807) is 17.5 Å². The number of thiophene rings is 1. The molecule has 0 atom stereocenters. The quantitative estimate of drug-likeness (QED) is 0.657. The molecule has 0 aliphatic carbocycles. The second-order valence-corrected chi connectivity index (χ2v) is 4.73.